The Morgan fingerprint density at radius 1 is 0.972 bits per heavy atom. The fraction of sp³-hybridized carbons (Fsp3) is 0.419. The summed E-state index contributed by atoms with van der Waals surface area (Å²) in [6.07, 6.45) is 6.49. The minimum atomic E-state index is 0.364. The van der Waals surface area contributed by atoms with Crippen LogP contribution in [0.25, 0.3) is 0 Å². The highest BCUT2D eigenvalue weighted by Gasteiger charge is 2.23. The van der Waals surface area contributed by atoms with Crippen molar-refractivity contribution in [3.63, 3.8) is 0 Å². The number of fused-ring (bicyclic) bond motifs is 1. The van der Waals surface area contributed by atoms with Gasteiger partial charge in [0, 0.05) is 24.8 Å². The third kappa shape index (κ3) is 6.14. The summed E-state index contributed by atoms with van der Waals surface area (Å²) < 4.78 is 11.4. The summed E-state index contributed by atoms with van der Waals surface area (Å²) in [5, 5.41) is 13.5. The number of phenolic OH excluding ortho intramolecular Hbond substituents is 1. The first-order valence-corrected chi connectivity index (χ1v) is 13.3. The molecule has 190 valence electrons. The maximum atomic E-state index is 9.82. The van der Waals surface area contributed by atoms with Gasteiger partial charge in [-0.25, -0.2) is 0 Å². The standard InChI is InChI=1S/C31H38N2O3/c1-35-29-13-14-30(26-8-7-25-21-27(34)10-9-24(25)20-26)31(22-29)32-15-2-4-23-5-11-28(12-6-23)36-19-18-33-16-3-17-33/h5-6,9-14,21-22,26,32,34H,2-4,7-8,15-20H2,1H3. The Balaban J connectivity index is 1.14. The first kappa shape index (κ1) is 24.5. The molecule has 0 amide bonds. The highest BCUT2D eigenvalue weighted by Crippen LogP contribution is 2.38. The number of hydrogen-bond donors (Lipinski definition) is 2. The topological polar surface area (TPSA) is 54.0 Å². The molecule has 3 aromatic rings. The van der Waals surface area contributed by atoms with Crippen LogP contribution in [0.1, 0.15) is 47.4 Å². The van der Waals surface area contributed by atoms with E-state index in [9.17, 15) is 5.11 Å². The summed E-state index contributed by atoms with van der Waals surface area (Å²) in [4.78, 5) is 2.42. The summed E-state index contributed by atoms with van der Waals surface area (Å²) >= 11 is 0. The molecule has 1 aliphatic heterocycles. The minimum absolute atomic E-state index is 0.364. The Kier molecular flexibility index (Phi) is 7.97. The van der Waals surface area contributed by atoms with Gasteiger partial charge in [-0.1, -0.05) is 24.3 Å². The summed E-state index contributed by atoms with van der Waals surface area (Å²) in [6.45, 7) is 5.13. The molecule has 0 saturated carbocycles. The van der Waals surface area contributed by atoms with E-state index in [4.69, 9.17) is 9.47 Å². The molecule has 1 unspecified atom stereocenters. The van der Waals surface area contributed by atoms with Crippen molar-refractivity contribution in [1.82, 2.24) is 4.90 Å². The summed E-state index contributed by atoms with van der Waals surface area (Å²) in [5.74, 6) is 2.67. The van der Waals surface area contributed by atoms with Gasteiger partial charge in [0.1, 0.15) is 23.9 Å². The zero-order valence-electron chi connectivity index (χ0n) is 21.3. The van der Waals surface area contributed by atoms with Gasteiger partial charge in [-0.15, -0.1) is 0 Å². The van der Waals surface area contributed by atoms with Crippen molar-refractivity contribution < 1.29 is 14.6 Å². The second kappa shape index (κ2) is 11.7. The molecule has 1 saturated heterocycles. The van der Waals surface area contributed by atoms with Crippen LogP contribution in [0.5, 0.6) is 17.2 Å². The molecule has 5 rings (SSSR count). The fourth-order valence-corrected chi connectivity index (χ4v) is 5.34. The number of ether oxygens (including phenoxy) is 2. The minimum Gasteiger partial charge on any atom is -0.508 e. The monoisotopic (exact) mass is 486 g/mol. The smallest absolute Gasteiger partial charge is 0.120 e. The van der Waals surface area contributed by atoms with Crippen LogP contribution in [0, 0.1) is 0 Å². The summed E-state index contributed by atoms with van der Waals surface area (Å²) in [7, 11) is 1.72. The average molecular weight is 487 g/mol. The van der Waals surface area contributed by atoms with E-state index in [1.807, 2.05) is 6.07 Å². The Morgan fingerprint density at radius 3 is 2.58 bits per heavy atom. The molecular formula is C31H38N2O3. The van der Waals surface area contributed by atoms with Gasteiger partial charge in [0.05, 0.1) is 7.11 Å². The number of benzene rings is 3. The number of aryl methyl sites for hydroxylation is 2. The highest BCUT2D eigenvalue weighted by atomic mass is 16.5. The maximum Gasteiger partial charge on any atom is 0.120 e. The molecule has 1 atom stereocenters. The molecule has 36 heavy (non-hydrogen) atoms. The number of rotatable bonds is 11. The third-order valence-corrected chi connectivity index (χ3v) is 7.62. The summed E-state index contributed by atoms with van der Waals surface area (Å²) in [6, 6.07) is 20.8. The molecule has 0 spiro atoms. The molecule has 0 bridgehead atoms. The number of aromatic hydroxyl groups is 1. The molecule has 1 aliphatic carbocycles. The van der Waals surface area contributed by atoms with Gasteiger partial charge in [0.25, 0.3) is 0 Å². The van der Waals surface area contributed by atoms with Gasteiger partial charge in [-0.05, 0) is 110 Å². The van der Waals surface area contributed by atoms with Crippen LogP contribution in [0.15, 0.2) is 60.7 Å². The van der Waals surface area contributed by atoms with Crippen LogP contribution < -0.4 is 14.8 Å². The van der Waals surface area contributed by atoms with E-state index in [2.05, 4.69) is 58.7 Å². The molecule has 2 aliphatic rings. The SMILES string of the molecule is COc1ccc(C2CCc3cc(O)ccc3C2)c(NCCCc2ccc(OCCN3CCC3)cc2)c1. The molecular weight excluding hydrogens is 448 g/mol. The first-order chi connectivity index (χ1) is 17.7. The Hall–Kier alpha value is -3.18. The Labute approximate surface area is 215 Å². The number of hydrogen-bond acceptors (Lipinski definition) is 5. The van der Waals surface area contributed by atoms with Crippen molar-refractivity contribution in [2.45, 2.75) is 44.4 Å². The number of nitrogens with one attached hydrogen (secondary N) is 1. The third-order valence-electron chi connectivity index (χ3n) is 7.62. The molecule has 5 nitrogen and oxygen atoms in total. The average Bonchev–Trinajstić information content (AvgIpc) is 2.88. The zero-order valence-corrected chi connectivity index (χ0v) is 21.3. The molecule has 1 fully saturated rings. The van der Waals surface area contributed by atoms with Gasteiger partial charge in [-0.2, -0.15) is 0 Å². The number of anilines is 1. The van der Waals surface area contributed by atoms with Crippen molar-refractivity contribution in [1.29, 1.82) is 0 Å². The molecule has 3 aromatic carbocycles. The zero-order chi connectivity index (χ0) is 24.7. The van der Waals surface area contributed by atoms with Gasteiger partial charge < -0.3 is 19.9 Å². The van der Waals surface area contributed by atoms with Crippen LogP contribution in [-0.2, 0) is 19.3 Å². The van der Waals surface area contributed by atoms with Gasteiger partial charge in [0.15, 0.2) is 0 Å². The Bertz CT molecular complexity index is 1140. The van der Waals surface area contributed by atoms with Gasteiger partial charge >= 0.3 is 0 Å². The van der Waals surface area contributed by atoms with Gasteiger partial charge in [-0.3, -0.25) is 4.90 Å². The van der Waals surface area contributed by atoms with Crippen molar-refractivity contribution in [2.24, 2.45) is 0 Å². The van der Waals surface area contributed by atoms with E-state index in [0.29, 0.717) is 11.7 Å². The van der Waals surface area contributed by atoms with Gasteiger partial charge in [0.2, 0.25) is 0 Å². The fourth-order valence-electron chi connectivity index (χ4n) is 5.34. The van der Waals surface area contributed by atoms with Crippen molar-refractivity contribution in [3.05, 3.63) is 82.9 Å². The van der Waals surface area contributed by atoms with Crippen LogP contribution in [0.4, 0.5) is 5.69 Å². The maximum absolute atomic E-state index is 9.82. The number of nitrogens with zero attached hydrogens (tertiary/aromatic N) is 1. The summed E-state index contributed by atoms with van der Waals surface area (Å²) in [5.41, 5.74) is 6.49. The second-order valence-corrected chi connectivity index (χ2v) is 10.1. The number of methoxy groups -OCH3 is 1. The molecule has 1 heterocycles. The predicted molar refractivity (Wildman–Crippen MR) is 146 cm³/mol. The molecule has 0 aromatic heterocycles. The van der Waals surface area contributed by atoms with E-state index in [1.165, 1.54) is 47.5 Å². The molecule has 0 radical (unpaired) electrons. The molecule has 5 heteroatoms. The lowest BCUT2D eigenvalue weighted by molar-refractivity contribution is 0.147. The first-order valence-electron chi connectivity index (χ1n) is 13.3. The van der Waals surface area contributed by atoms with Crippen LogP contribution in [-0.4, -0.2) is 49.9 Å². The van der Waals surface area contributed by atoms with E-state index in [0.717, 1.165) is 63.3 Å². The number of likely N-dealkylation sites (tertiary alicyclic amines) is 1. The second-order valence-electron chi connectivity index (χ2n) is 10.1. The van der Waals surface area contributed by atoms with E-state index < -0.39 is 0 Å². The number of phenols is 1. The van der Waals surface area contributed by atoms with Crippen LogP contribution in [0.3, 0.4) is 0 Å². The molecule has 2 N–H and O–H groups in total. The van der Waals surface area contributed by atoms with Crippen molar-refractivity contribution >= 4 is 5.69 Å². The van der Waals surface area contributed by atoms with E-state index in [-0.39, 0.29) is 0 Å². The van der Waals surface area contributed by atoms with Crippen molar-refractivity contribution in [2.75, 3.05) is 45.2 Å². The largest absolute Gasteiger partial charge is 0.508 e. The quantitative estimate of drug-likeness (QED) is 0.335. The van der Waals surface area contributed by atoms with E-state index in [1.54, 1.807) is 13.2 Å². The van der Waals surface area contributed by atoms with Crippen LogP contribution in [0.2, 0.25) is 0 Å². The van der Waals surface area contributed by atoms with Crippen molar-refractivity contribution in [3.8, 4) is 17.2 Å². The van der Waals surface area contributed by atoms with E-state index >= 15 is 0 Å². The Morgan fingerprint density at radius 2 is 1.81 bits per heavy atom. The highest BCUT2D eigenvalue weighted by molar-refractivity contribution is 5.57. The normalized spacial score (nSPS) is 17.2. The lowest BCUT2D eigenvalue weighted by Crippen LogP contribution is -2.39. The lowest BCUT2D eigenvalue weighted by Gasteiger charge is -2.30. The predicted octanol–water partition coefficient (Wildman–Crippen LogP) is 5.80. The van der Waals surface area contributed by atoms with Crippen LogP contribution >= 0.6 is 0 Å². The lowest BCUT2D eigenvalue weighted by atomic mass is 9.79.